The Balaban J connectivity index is 2.74. The Bertz CT molecular complexity index is 355. The number of ketones is 1. The number of carbonyl (C=O) groups is 1. The molecular weight excluding hydrogens is 198 g/mol. The van der Waals surface area contributed by atoms with Gasteiger partial charge in [-0.25, -0.2) is 4.98 Å². The lowest BCUT2D eigenvalue weighted by Crippen LogP contribution is -1.93. The smallest absolute Gasteiger partial charge is 0.200 e. The zero-order valence-corrected chi connectivity index (χ0v) is 9.35. The molecule has 0 N–H and O–H groups in total. The topological polar surface area (TPSA) is 39.2 Å². The van der Waals surface area contributed by atoms with Gasteiger partial charge in [0.05, 0.1) is 28.4 Å². The maximum atomic E-state index is 11.6. The van der Waals surface area contributed by atoms with Crippen molar-refractivity contribution in [3.05, 3.63) is 27.9 Å². The third kappa shape index (κ3) is 2.67. The zero-order valence-electron chi connectivity index (χ0n) is 8.53. The average Bonchev–Trinajstić information content (AvgIpc) is 2.45. The van der Waals surface area contributed by atoms with Crippen LogP contribution in [-0.2, 0) is 4.74 Å². The number of thiazole rings is 1. The summed E-state index contributed by atoms with van der Waals surface area (Å²) in [5.74, 6) is -0.0402. The Hall–Kier alpha value is -1.16. The number of nitrogens with zero attached hydrogens (tertiary/aromatic N) is 1. The van der Waals surface area contributed by atoms with E-state index in [9.17, 15) is 4.79 Å². The lowest BCUT2D eigenvalue weighted by atomic mass is 10.3. The van der Waals surface area contributed by atoms with Gasteiger partial charge in [-0.15, -0.1) is 11.3 Å². The van der Waals surface area contributed by atoms with Crippen molar-refractivity contribution in [3.63, 3.8) is 0 Å². The molecule has 76 valence electrons. The van der Waals surface area contributed by atoms with Crippen LogP contribution in [0.4, 0.5) is 0 Å². The number of carbonyl (C=O) groups excluding carboxylic acids is 1. The van der Waals surface area contributed by atoms with Crippen molar-refractivity contribution in [2.75, 3.05) is 6.61 Å². The maximum absolute atomic E-state index is 11.6. The summed E-state index contributed by atoms with van der Waals surface area (Å²) >= 11 is 1.41. The highest BCUT2D eigenvalue weighted by Gasteiger charge is 2.10. The SMILES string of the molecule is CCOC=CC(=O)c1sc(C)nc1C. The van der Waals surface area contributed by atoms with Crippen molar-refractivity contribution in [1.82, 2.24) is 4.98 Å². The molecule has 0 unspecified atom stereocenters. The van der Waals surface area contributed by atoms with Crippen molar-refractivity contribution >= 4 is 17.1 Å². The standard InChI is InChI=1S/C10H13NO2S/c1-4-13-6-5-9(12)10-7(2)11-8(3)14-10/h5-6H,4H2,1-3H3. The molecule has 0 atom stereocenters. The molecule has 0 radical (unpaired) electrons. The van der Waals surface area contributed by atoms with Crippen molar-refractivity contribution in [3.8, 4) is 0 Å². The molecule has 1 aromatic rings. The van der Waals surface area contributed by atoms with Gasteiger partial charge in [-0.2, -0.15) is 0 Å². The Labute approximate surface area is 87.4 Å². The van der Waals surface area contributed by atoms with E-state index in [1.165, 1.54) is 23.7 Å². The molecule has 0 aliphatic rings. The first-order valence-electron chi connectivity index (χ1n) is 4.41. The van der Waals surface area contributed by atoms with Crippen LogP contribution in [0.15, 0.2) is 12.3 Å². The van der Waals surface area contributed by atoms with Gasteiger partial charge in [-0.3, -0.25) is 4.79 Å². The predicted octanol–water partition coefficient (Wildman–Crippen LogP) is 2.49. The minimum atomic E-state index is -0.0402. The molecule has 14 heavy (non-hydrogen) atoms. The summed E-state index contributed by atoms with van der Waals surface area (Å²) in [5, 5.41) is 0.913. The molecule has 3 nitrogen and oxygen atoms in total. The van der Waals surface area contributed by atoms with E-state index in [1.807, 2.05) is 20.8 Å². The number of aromatic nitrogens is 1. The van der Waals surface area contributed by atoms with Crippen molar-refractivity contribution < 1.29 is 9.53 Å². The van der Waals surface area contributed by atoms with Crippen LogP contribution in [0, 0.1) is 13.8 Å². The molecule has 0 aromatic carbocycles. The molecule has 4 heteroatoms. The molecule has 0 fully saturated rings. The summed E-state index contributed by atoms with van der Waals surface area (Å²) in [4.78, 5) is 16.4. The highest BCUT2D eigenvalue weighted by atomic mass is 32.1. The van der Waals surface area contributed by atoms with Crippen LogP contribution in [-0.4, -0.2) is 17.4 Å². The van der Waals surface area contributed by atoms with Crippen molar-refractivity contribution in [1.29, 1.82) is 0 Å². The van der Waals surface area contributed by atoms with Gasteiger partial charge in [-0.1, -0.05) is 0 Å². The van der Waals surface area contributed by atoms with Crippen LogP contribution in [0.1, 0.15) is 27.3 Å². The molecule has 1 rings (SSSR count). The summed E-state index contributed by atoms with van der Waals surface area (Å²) < 4.78 is 4.96. The van der Waals surface area contributed by atoms with E-state index in [4.69, 9.17) is 4.74 Å². The summed E-state index contributed by atoms with van der Waals surface area (Å²) in [6.07, 6.45) is 2.86. The normalized spacial score (nSPS) is 10.8. The predicted molar refractivity (Wildman–Crippen MR) is 56.7 cm³/mol. The van der Waals surface area contributed by atoms with Crippen molar-refractivity contribution in [2.24, 2.45) is 0 Å². The minimum absolute atomic E-state index is 0.0402. The Kier molecular flexibility index (Phi) is 3.83. The van der Waals surface area contributed by atoms with Gasteiger partial charge in [0.25, 0.3) is 0 Å². The van der Waals surface area contributed by atoms with Gasteiger partial charge in [0, 0.05) is 6.08 Å². The van der Waals surface area contributed by atoms with Crippen LogP contribution in [0.3, 0.4) is 0 Å². The summed E-state index contributed by atoms with van der Waals surface area (Å²) in [6.45, 7) is 6.17. The fourth-order valence-electron chi connectivity index (χ4n) is 1.04. The highest BCUT2D eigenvalue weighted by molar-refractivity contribution is 7.13. The average molecular weight is 211 g/mol. The second-order valence-electron chi connectivity index (χ2n) is 2.77. The van der Waals surface area contributed by atoms with E-state index < -0.39 is 0 Å². The van der Waals surface area contributed by atoms with Gasteiger partial charge in [-0.05, 0) is 20.8 Å². The van der Waals surface area contributed by atoms with E-state index in [-0.39, 0.29) is 5.78 Å². The molecule has 0 aliphatic heterocycles. The van der Waals surface area contributed by atoms with Crippen LogP contribution in [0.25, 0.3) is 0 Å². The van der Waals surface area contributed by atoms with Gasteiger partial charge < -0.3 is 4.74 Å². The third-order valence-corrected chi connectivity index (χ3v) is 2.70. The van der Waals surface area contributed by atoms with E-state index in [1.54, 1.807) is 0 Å². The second-order valence-corrected chi connectivity index (χ2v) is 3.97. The molecule has 1 heterocycles. The van der Waals surface area contributed by atoms with E-state index >= 15 is 0 Å². The van der Waals surface area contributed by atoms with Gasteiger partial charge in [0.2, 0.25) is 5.78 Å². The summed E-state index contributed by atoms with van der Waals surface area (Å²) in [5.41, 5.74) is 0.790. The maximum Gasteiger partial charge on any atom is 0.200 e. The van der Waals surface area contributed by atoms with Crippen LogP contribution < -0.4 is 0 Å². The Morgan fingerprint density at radius 1 is 1.57 bits per heavy atom. The van der Waals surface area contributed by atoms with E-state index in [0.717, 1.165) is 10.7 Å². The number of allylic oxidation sites excluding steroid dienone is 1. The van der Waals surface area contributed by atoms with E-state index in [0.29, 0.717) is 11.5 Å². The molecule has 0 aliphatic carbocycles. The monoisotopic (exact) mass is 211 g/mol. The third-order valence-electron chi connectivity index (χ3n) is 1.61. The highest BCUT2D eigenvalue weighted by Crippen LogP contribution is 2.17. The largest absolute Gasteiger partial charge is 0.501 e. The number of ether oxygens (including phenoxy) is 1. The van der Waals surface area contributed by atoms with Crippen LogP contribution in [0.2, 0.25) is 0 Å². The molecule has 1 aromatic heterocycles. The Morgan fingerprint density at radius 2 is 2.29 bits per heavy atom. The number of rotatable bonds is 4. The van der Waals surface area contributed by atoms with E-state index in [2.05, 4.69) is 4.98 Å². The summed E-state index contributed by atoms with van der Waals surface area (Å²) in [6, 6.07) is 0. The first kappa shape index (κ1) is 10.9. The fourth-order valence-corrected chi connectivity index (χ4v) is 1.88. The van der Waals surface area contributed by atoms with Crippen LogP contribution >= 0.6 is 11.3 Å². The van der Waals surface area contributed by atoms with Crippen molar-refractivity contribution in [2.45, 2.75) is 20.8 Å². The molecule has 0 saturated heterocycles. The summed E-state index contributed by atoms with van der Waals surface area (Å²) in [7, 11) is 0. The molecule has 0 spiro atoms. The first-order valence-corrected chi connectivity index (χ1v) is 5.23. The van der Waals surface area contributed by atoms with Crippen LogP contribution in [0.5, 0.6) is 0 Å². The second kappa shape index (κ2) is 4.91. The van der Waals surface area contributed by atoms with Gasteiger partial charge in [0.15, 0.2) is 0 Å². The lowest BCUT2D eigenvalue weighted by molar-refractivity contribution is 0.104. The lowest BCUT2D eigenvalue weighted by Gasteiger charge is -1.92. The molecular formula is C10H13NO2S. The quantitative estimate of drug-likeness (QED) is 0.436. The number of hydrogen-bond acceptors (Lipinski definition) is 4. The first-order chi connectivity index (χ1) is 6.65. The van der Waals surface area contributed by atoms with Gasteiger partial charge >= 0.3 is 0 Å². The molecule has 0 saturated carbocycles. The van der Waals surface area contributed by atoms with Gasteiger partial charge in [0.1, 0.15) is 0 Å². The fraction of sp³-hybridized carbons (Fsp3) is 0.400. The Morgan fingerprint density at radius 3 is 2.79 bits per heavy atom. The number of hydrogen-bond donors (Lipinski definition) is 0. The minimum Gasteiger partial charge on any atom is -0.501 e. The zero-order chi connectivity index (χ0) is 10.6. The number of aryl methyl sites for hydroxylation is 2. The molecule has 0 amide bonds. The molecule has 0 bridgehead atoms.